The van der Waals surface area contributed by atoms with Gasteiger partial charge in [-0.05, 0) is 0 Å². The van der Waals surface area contributed by atoms with E-state index in [1.54, 1.807) is 0 Å². The van der Waals surface area contributed by atoms with E-state index in [4.69, 9.17) is 5.11 Å². The van der Waals surface area contributed by atoms with Crippen molar-refractivity contribution in [3.63, 3.8) is 0 Å². The van der Waals surface area contributed by atoms with Crippen LogP contribution in [0.1, 0.15) is 6.42 Å². The third-order valence-electron chi connectivity index (χ3n) is 0.850. The molecule has 0 aliphatic rings. The fraction of sp³-hybridized carbons (Fsp3) is 0.600. The highest BCUT2D eigenvalue weighted by Crippen LogP contribution is 2.16. The Labute approximate surface area is 59.8 Å². The second-order valence-electron chi connectivity index (χ2n) is 1.72. The molecule has 0 bridgehead atoms. The number of Topliss-reactive ketones (excluding diaryl/α,β-unsaturated/α-hetero) is 2. The van der Waals surface area contributed by atoms with Gasteiger partial charge < -0.3 is 5.11 Å². The van der Waals surface area contributed by atoms with Crippen molar-refractivity contribution in [2.24, 2.45) is 0 Å². The number of aliphatic hydroxyl groups excluding tert-OH is 1. The number of rotatable bonds is 3. The highest BCUT2D eigenvalue weighted by Gasteiger charge is 2.42. The van der Waals surface area contributed by atoms with Crippen LogP contribution in [0.3, 0.4) is 0 Å². The van der Waals surface area contributed by atoms with E-state index in [0.717, 1.165) is 0 Å². The molecule has 0 saturated heterocycles. The molecule has 3 nitrogen and oxygen atoms in total. The normalized spacial score (nSPS) is 11.3. The second kappa shape index (κ2) is 3.47. The Morgan fingerprint density at radius 2 is 1.73 bits per heavy atom. The van der Waals surface area contributed by atoms with Gasteiger partial charge in [0.05, 0.1) is 6.61 Å². The fourth-order valence-corrected chi connectivity index (χ4v) is 0.373. The summed E-state index contributed by atoms with van der Waals surface area (Å²) in [6.45, 7) is -0.749. The first kappa shape index (κ1) is 10.1. The highest BCUT2D eigenvalue weighted by atomic mass is 19.4. The number of halogens is 3. The lowest BCUT2D eigenvalue weighted by Crippen LogP contribution is -2.31. The number of hydrogen-bond donors (Lipinski definition) is 1. The Morgan fingerprint density at radius 1 is 1.27 bits per heavy atom. The Balaban J connectivity index is 4.15. The maximum atomic E-state index is 11.4. The molecule has 0 heterocycles. The van der Waals surface area contributed by atoms with Crippen LogP contribution in [0.5, 0.6) is 0 Å². The minimum absolute atomic E-state index is 0.749. The van der Waals surface area contributed by atoms with Crippen molar-refractivity contribution in [3.8, 4) is 0 Å². The van der Waals surface area contributed by atoms with E-state index in [1.165, 1.54) is 0 Å². The molecule has 11 heavy (non-hydrogen) atoms. The highest BCUT2D eigenvalue weighted by molar-refractivity contribution is 6.39. The summed E-state index contributed by atoms with van der Waals surface area (Å²) in [6, 6.07) is 0. The molecule has 0 aliphatic carbocycles. The predicted octanol–water partition coefficient (Wildman–Crippen LogP) is 0.0693. The molecule has 0 amide bonds. The zero-order valence-corrected chi connectivity index (χ0v) is 5.31. The quantitative estimate of drug-likeness (QED) is 0.609. The summed E-state index contributed by atoms with van der Waals surface area (Å²) in [6.07, 6.45) is -5.90. The Hall–Kier alpha value is -0.910. The fourth-order valence-electron chi connectivity index (χ4n) is 0.373. The third-order valence-corrected chi connectivity index (χ3v) is 0.850. The van der Waals surface area contributed by atoms with Crippen molar-refractivity contribution >= 4 is 11.6 Å². The van der Waals surface area contributed by atoms with Crippen LogP contribution in [-0.2, 0) is 9.59 Å². The van der Waals surface area contributed by atoms with Crippen LogP contribution in [0.15, 0.2) is 0 Å². The minimum Gasteiger partial charge on any atom is -0.396 e. The summed E-state index contributed by atoms with van der Waals surface area (Å²) < 4.78 is 34.1. The predicted molar refractivity (Wildman–Crippen MR) is 27.8 cm³/mol. The third kappa shape index (κ3) is 3.13. The second-order valence-corrected chi connectivity index (χ2v) is 1.72. The van der Waals surface area contributed by atoms with E-state index in [1.807, 2.05) is 0 Å². The van der Waals surface area contributed by atoms with Crippen LogP contribution < -0.4 is 0 Å². The summed E-state index contributed by atoms with van der Waals surface area (Å²) >= 11 is 0. The van der Waals surface area contributed by atoms with Gasteiger partial charge in [-0.3, -0.25) is 9.59 Å². The largest absolute Gasteiger partial charge is 0.458 e. The first-order chi connectivity index (χ1) is 4.89. The van der Waals surface area contributed by atoms with Crippen LogP contribution in [0, 0.1) is 0 Å². The van der Waals surface area contributed by atoms with Gasteiger partial charge in [-0.2, -0.15) is 13.2 Å². The molecule has 0 spiro atoms. The van der Waals surface area contributed by atoms with E-state index in [0.29, 0.717) is 0 Å². The van der Waals surface area contributed by atoms with E-state index in [2.05, 4.69) is 0 Å². The molecule has 0 aromatic heterocycles. The lowest BCUT2D eigenvalue weighted by Gasteiger charge is -2.01. The SMILES string of the molecule is O=C(CCO)C(=O)C(F)(F)F. The Kier molecular flexibility index (Phi) is 3.18. The zero-order chi connectivity index (χ0) is 9.07. The number of hydrogen-bond acceptors (Lipinski definition) is 3. The monoisotopic (exact) mass is 170 g/mol. The van der Waals surface area contributed by atoms with Crippen LogP contribution in [0.25, 0.3) is 0 Å². The van der Waals surface area contributed by atoms with Crippen LogP contribution >= 0.6 is 0 Å². The number of ketones is 2. The van der Waals surface area contributed by atoms with E-state index in [9.17, 15) is 22.8 Å². The smallest absolute Gasteiger partial charge is 0.396 e. The van der Waals surface area contributed by atoms with Gasteiger partial charge in [-0.1, -0.05) is 0 Å². The summed E-state index contributed by atoms with van der Waals surface area (Å²) in [5.74, 6) is -4.02. The molecule has 0 rings (SSSR count). The molecule has 0 aromatic carbocycles. The van der Waals surface area contributed by atoms with Gasteiger partial charge in [0, 0.05) is 6.42 Å². The molecule has 0 radical (unpaired) electrons. The maximum absolute atomic E-state index is 11.4. The maximum Gasteiger partial charge on any atom is 0.458 e. The molecule has 0 atom stereocenters. The molecule has 0 unspecified atom stereocenters. The van der Waals surface area contributed by atoms with Crippen molar-refractivity contribution in [2.75, 3.05) is 6.61 Å². The Morgan fingerprint density at radius 3 is 2.00 bits per heavy atom. The molecular weight excluding hydrogens is 165 g/mol. The van der Waals surface area contributed by atoms with Crippen molar-refractivity contribution in [1.29, 1.82) is 0 Å². The molecule has 0 aliphatic heterocycles. The Bertz CT molecular complexity index is 172. The minimum atomic E-state index is -5.12. The standard InChI is InChI=1S/C5H5F3O3/c6-5(7,8)4(11)3(10)1-2-9/h9H,1-2H2. The van der Waals surface area contributed by atoms with E-state index < -0.39 is 30.8 Å². The van der Waals surface area contributed by atoms with Gasteiger partial charge in [-0.25, -0.2) is 0 Å². The average Bonchev–Trinajstić information content (AvgIpc) is 1.85. The van der Waals surface area contributed by atoms with Crippen LogP contribution in [-0.4, -0.2) is 29.5 Å². The molecule has 1 N–H and O–H groups in total. The summed E-state index contributed by atoms with van der Waals surface area (Å²) in [4.78, 5) is 20.1. The number of carbonyl (C=O) groups excluding carboxylic acids is 2. The first-order valence-electron chi connectivity index (χ1n) is 2.64. The van der Waals surface area contributed by atoms with Crippen molar-refractivity contribution in [2.45, 2.75) is 12.6 Å². The number of aliphatic hydroxyl groups is 1. The lowest BCUT2D eigenvalue weighted by molar-refractivity contribution is -0.174. The average molecular weight is 170 g/mol. The number of carbonyl (C=O) groups is 2. The van der Waals surface area contributed by atoms with Gasteiger partial charge in [-0.15, -0.1) is 0 Å². The van der Waals surface area contributed by atoms with Gasteiger partial charge in [0.1, 0.15) is 0 Å². The van der Waals surface area contributed by atoms with Crippen LogP contribution in [0.2, 0.25) is 0 Å². The lowest BCUT2D eigenvalue weighted by atomic mass is 10.2. The molecular formula is C5H5F3O3. The van der Waals surface area contributed by atoms with E-state index in [-0.39, 0.29) is 0 Å². The topological polar surface area (TPSA) is 54.4 Å². The van der Waals surface area contributed by atoms with Gasteiger partial charge in [0.25, 0.3) is 0 Å². The summed E-state index contributed by atoms with van der Waals surface area (Å²) in [5, 5.41) is 8.01. The molecule has 0 aromatic rings. The zero-order valence-electron chi connectivity index (χ0n) is 5.31. The molecule has 64 valence electrons. The number of alkyl halides is 3. The van der Waals surface area contributed by atoms with Crippen molar-refractivity contribution in [1.82, 2.24) is 0 Å². The van der Waals surface area contributed by atoms with Crippen molar-refractivity contribution in [3.05, 3.63) is 0 Å². The molecule has 0 fully saturated rings. The first-order valence-corrected chi connectivity index (χ1v) is 2.64. The molecule has 6 heteroatoms. The van der Waals surface area contributed by atoms with Gasteiger partial charge in [0.2, 0.25) is 5.78 Å². The molecule has 0 saturated carbocycles. The summed E-state index contributed by atoms with van der Waals surface area (Å²) in [7, 11) is 0. The summed E-state index contributed by atoms with van der Waals surface area (Å²) in [5.41, 5.74) is 0. The van der Waals surface area contributed by atoms with Gasteiger partial charge >= 0.3 is 12.0 Å². The van der Waals surface area contributed by atoms with E-state index >= 15 is 0 Å². The van der Waals surface area contributed by atoms with Crippen LogP contribution in [0.4, 0.5) is 13.2 Å². The van der Waals surface area contributed by atoms with Gasteiger partial charge in [0.15, 0.2) is 0 Å². The van der Waals surface area contributed by atoms with Crippen molar-refractivity contribution < 1.29 is 27.9 Å².